The number of amides is 1. The molecule has 3 aromatic rings. The molecule has 7 heteroatoms. The standard InChI is InChI=1S/C18H17ClN4O2/c1-2-25-16-8-7-15(19)17(22-16)18(24)21-14-6-3-5-13(11-14)12-23-10-4-9-20-23/h3-11H,2,12H2,1H3,(H,21,24). The molecule has 25 heavy (non-hydrogen) atoms. The number of nitrogens with one attached hydrogen (secondary N) is 1. The Bertz CT molecular complexity index is 865. The zero-order valence-electron chi connectivity index (χ0n) is 13.6. The second-order valence-electron chi connectivity index (χ2n) is 5.27. The van der Waals surface area contributed by atoms with Crippen LogP contribution in [0, 0.1) is 0 Å². The molecule has 2 aromatic heterocycles. The molecule has 128 valence electrons. The Hall–Kier alpha value is -2.86. The summed E-state index contributed by atoms with van der Waals surface area (Å²) in [6, 6.07) is 12.6. The number of carbonyl (C=O) groups excluding carboxylic acids is 1. The second-order valence-corrected chi connectivity index (χ2v) is 5.68. The Balaban J connectivity index is 1.76. The average Bonchev–Trinajstić information content (AvgIpc) is 3.10. The van der Waals surface area contributed by atoms with Gasteiger partial charge >= 0.3 is 0 Å². The summed E-state index contributed by atoms with van der Waals surface area (Å²) in [7, 11) is 0. The highest BCUT2D eigenvalue weighted by atomic mass is 35.5. The molecule has 1 N–H and O–H groups in total. The maximum atomic E-state index is 12.5. The normalized spacial score (nSPS) is 10.5. The summed E-state index contributed by atoms with van der Waals surface area (Å²) < 4.78 is 7.13. The van der Waals surface area contributed by atoms with Gasteiger partial charge in [0.05, 0.1) is 18.2 Å². The van der Waals surface area contributed by atoms with E-state index in [1.165, 1.54) is 0 Å². The monoisotopic (exact) mass is 356 g/mol. The minimum absolute atomic E-state index is 0.130. The van der Waals surface area contributed by atoms with Crippen molar-refractivity contribution in [3.8, 4) is 5.88 Å². The van der Waals surface area contributed by atoms with Crippen molar-refractivity contribution in [2.45, 2.75) is 13.5 Å². The number of hydrogen-bond acceptors (Lipinski definition) is 4. The van der Waals surface area contributed by atoms with E-state index in [-0.39, 0.29) is 16.6 Å². The number of benzene rings is 1. The highest BCUT2D eigenvalue weighted by Gasteiger charge is 2.14. The van der Waals surface area contributed by atoms with Gasteiger partial charge in [0, 0.05) is 24.1 Å². The number of nitrogens with zero attached hydrogens (tertiary/aromatic N) is 3. The van der Waals surface area contributed by atoms with Crippen LogP contribution in [0.3, 0.4) is 0 Å². The topological polar surface area (TPSA) is 69.0 Å². The quantitative estimate of drug-likeness (QED) is 0.732. The third-order valence-electron chi connectivity index (χ3n) is 3.42. The Morgan fingerprint density at radius 1 is 1.28 bits per heavy atom. The molecule has 1 amide bonds. The molecule has 0 saturated carbocycles. The van der Waals surface area contributed by atoms with Gasteiger partial charge < -0.3 is 10.1 Å². The minimum Gasteiger partial charge on any atom is -0.478 e. The van der Waals surface area contributed by atoms with E-state index >= 15 is 0 Å². The fourth-order valence-electron chi connectivity index (χ4n) is 2.33. The number of carbonyl (C=O) groups is 1. The van der Waals surface area contributed by atoms with Gasteiger partial charge in [0.25, 0.3) is 5.91 Å². The van der Waals surface area contributed by atoms with E-state index in [1.807, 2.05) is 48.1 Å². The van der Waals surface area contributed by atoms with Gasteiger partial charge in [-0.1, -0.05) is 23.7 Å². The Kier molecular flexibility index (Phi) is 5.30. The zero-order chi connectivity index (χ0) is 17.6. The number of hydrogen-bond donors (Lipinski definition) is 1. The van der Waals surface area contributed by atoms with Crippen LogP contribution in [-0.4, -0.2) is 27.3 Å². The number of aromatic nitrogens is 3. The van der Waals surface area contributed by atoms with Gasteiger partial charge in [0.2, 0.25) is 5.88 Å². The van der Waals surface area contributed by atoms with Crippen molar-refractivity contribution in [1.29, 1.82) is 0 Å². The van der Waals surface area contributed by atoms with Crippen molar-refractivity contribution in [3.63, 3.8) is 0 Å². The van der Waals surface area contributed by atoms with Crippen molar-refractivity contribution in [1.82, 2.24) is 14.8 Å². The molecule has 0 radical (unpaired) electrons. The van der Waals surface area contributed by atoms with Gasteiger partial charge in [-0.05, 0) is 36.8 Å². The lowest BCUT2D eigenvalue weighted by Crippen LogP contribution is -2.15. The first kappa shape index (κ1) is 17.0. The highest BCUT2D eigenvalue weighted by molar-refractivity contribution is 6.34. The van der Waals surface area contributed by atoms with Crippen LogP contribution in [0.5, 0.6) is 5.88 Å². The van der Waals surface area contributed by atoms with Crippen LogP contribution in [0.25, 0.3) is 0 Å². The van der Waals surface area contributed by atoms with Gasteiger partial charge in [-0.3, -0.25) is 9.48 Å². The number of halogens is 1. The summed E-state index contributed by atoms with van der Waals surface area (Å²) in [5.41, 5.74) is 1.81. The summed E-state index contributed by atoms with van der Waals surface area (Å²) in [4.78, 5) is 16.6. The van der Waals surface area contributed by atoms with Crippen LogP contribution in [0.2, 0.25) is 5.02 Å². The highest BCUT2D eigenvalue weighted by Crippen LogP contribution is 2.20. The lowest BCUT2D eigenvalue weighted by Gasteiger charge is -2.09. The summed E-state index contributed by atoms with van der Waals surface area (Å²) in [6.07, 6.45) is 3.61. The molecule has 1 aromatic carbocycles. The number of ether oxygens (including phenoxy) is 1. The predicted molar refractivity (Wildman–Crippen MR) is 96.1 cm³/mol. The van der Waals surface area contributed by atoms with Crippen LogP contribution in [0.15, 0.2) is 54.9 Å². The van der Waals surface area contributed by atoms with Gasteiger partial charge in [0.1, 0.15) is 0 Å². The van der Waals surface area contributed by atoms with E-state index in [0.29, 0.717) is 24.7 Å². The van der Waals surface area contributed by atoms with E-state index in [1.54, 1.807) is 18.3 Å². The van der Waals surface area contributed by atoms with E-state index in [0.717, 1.165) is 5.56 Å². The third kappa shape index (κ3) is 4.36. The summed E-state index contributed by atoms with van der Waals surface area (Å²) >= 11 is 6.09. The second kappa shape index (κ2) is 7.81. The number of rotatable bonds is 6. The van der Waals surface area contributed by atoms with Crippen molar-refractivity contribution >= 4 is 23.2 Å². The maximum absolute atomic E-state index is 12.5. The van der Waals surface area contributed by atoms with Gasteiger partial charge in [-0.25, -0.2) is 4.98 Å². The molecule has 0 aliphatic rings. The first-order chi connectivity index (χ1) is 12.2. The number of anilines is 1. The number of pyridine rings is 1. The van der Waals surface area contributed by atoms with E-state index in [9.17, 15) is 4.79 Å². The van der Waals surface area contributed by atoms with Crippen LogP contribution >= 0.6 is 11.6 Å². The Labute approximate surface area is 150 Å². The zero-order valence-corrected chi connectivity index (χ0v) is 14.4. The minimum atomic E-state index is -0.386. The molecule has 0 bridgehead atoms. The summed E-state index contributed by atoms with van der Waals surface area (Å²) in [5, 5.41) is 7.27. The SMILES string of the molecule is CCOc1ccc(Cl)c(C(=O)Nc2cccc(Cn3cccn3)c2)n1. The van der Waals surface area contributed by atoms with E-state index < -0.39 is 0 Å². The van der Waals surface area contributed by atoms with Crippen molar-refractivity contribution in [2.75, 3.05) is 11.9 Å². The van der Waals surface area contributed by atoms with Gasteiger partial charge in [0.15, 0.2) is 5.69 Å². The summed E-state index contributed by atoms with van der Waals surface area (Å²) in [5.74, 6) is -0.0210. The van der Waals surface area contributed by atoms with Crippen LogP contribution in [0.1, 0.15) is 23.0 Å². The lowest BCUT2D eigenvalue weighted by molar-refractivity contribution is 0.102. The molecule has 0 fully saturated rings. The molecular weight excluding hydrogens is 340 g/mol. The van der Waals surface area contributed by atoms with E-state index in [2.05, 4.69) is 15.4 Å². The first-order valence-electron chi connectivity index (χ1n) is 7.83. The molecule has 0 aliphatic carbocycles. The van der Waals surface area contributed by atoms with Crippen LogP contribution < -0.4 is 10.1 Å². The average molecular weight is 357 g/mol. The van der Waals surface area contributed by atoms with Gasteiger partial charge in [-0.15, -0.1) is 0 Å². The predicted octanol–water partition coefficient (Wildman–Crippen LogP) is 3.63. The molecule has 0 saturated heterocycles. The Morgan fingerprint density at radius 3 is 2.92 bits per heavy atom. The lowest BCUT2D eigenvalue weighted by atomic mass is 10.2. The first-order valence-corrected chi connectivity index (χ1v) is 8.20. The molecule has 3 rings (SSSR count). The molecular formula is C18H17ClN4O2. The van der Waals surface area contributed by atoms with Crippen molar-refractivity contribution in [3.05, 3.63) is 71.1 Å². The van der Waals surface area contributed by atoms with Crippen LogP contribution in [0.4, 0.5) is 5.69 Å². The molecule has 0 atom stereocenters. The largest absolute Gasteiger partial charge is 0.478 e. The third-order valence-corrected chi connectivity index (χ3v) is 3.72. The van der Waals surface area contributed by atoms with Crippen molar-refractivity contribution in [2.24, 2.45) is 0 Å². The molecule has 0 aliphatic heterocycles. The molecule has 0 unspecified atom stereocenters. The van der Waals surface area contributed by atoms with E-state index in [4.69, 9.17) is 16.3 Å². The molecule has 6 nitrogen and oxygen atoms in total. The van der Waals surface area contributed by atoms with Crippen LogP contribution in [-0.2, 0) is 6.54 Å². The van der Waals surface area contributed by atoms with Gasteiger partial charge in [-0.2, -0.15) is 5.10 Å². The Morgan fingerprint density at radius 2 is 2.16 bits per heavy atom. The molecule has 0 spiro atoms. The fraction of sp³-hybridized carbons (Fsp3) is 0.167. The summed E-state index contributed by atoms with van der Waals surface area (Å²) in [6.45, 7) is 2.93. The van der Waals surface area contributed by atoms with Crippen molar-refractivity contribution < 1.29 is 9.53 Å². The fourth-order valence-corrected chi connectivity index (χ4v) is 2.52. The smallest absolute Gasteiger partial charge is 0.275 e. The molecule has 2 heterocycles. The maximum Gasteiger partial charge on any atom is 0.275 e.